The molecule has 158 valence electrons. The van der Waals surface area contributed by atoms with E-state index in [-0.39, 0.29) is 11.5 Å². The number of halogens is 4. The van der Waals surface area contributed by atoms with E-state index in [4.69, 9.17) is 0 Å². The molecule has 0 aliphatic heterocycles. The van der Waals surface area contributed by atoms with E-state index in [2.05, 4.69) is 32.6 Å². The first-order valence-corrected chi connectivity index (χ1v) is 10.8. The van der Waals surface area contributed by atoms with Gasteiger partial charge in [-0.15, -0.1) is 0 Å². The monoisotopic (exact) mass is 471 g/mol. The molecule has 2 fully saturated rings. The van der Waals surface area contributed by atoms with E-state index in [1.165, 1.54) is 12.1 Å². The Morgan fingerprint density at radius 2 is 1.97 bits per heavy atom. The maximum absolute atomic E-state index is 13.9. The number of benzene rings is 1. The summed E-state index contributed by atoms with van der Waals surface area (Å²) in [6.45, 7) is 0. The molecule has 0 spiro atoms. The lowest BCUT2D eigenvalue weighted by atomic mass is 9.84. The molecule has 1 amide bonds. The summed E-state index contributed by atoms with van der Waals surface area (Å²) in [6, 6.07) is 5.14. The van der Waals surface area contributed by atoms with Crippen LogP contribution in [-0.2, 0) is 4.79 Å². The van der Waals surface area contributed by atoms with Crippen LogP contribution in [0, 0.1) is 17.2 Å². The standard InChI is InChI=1S/C21H25BrF3N3O/c22-16-8-4-7-15(12-16)18(21(23,24)25)27-17(11-14-5-2-1-3-6-14)19(29)28-20(13-26)9-10-20/h4,7-8,12,14,17-18,27H,1-3,5-6,9-11H2,(H,28,29)/t17-,18-/m0/s1. The maximum Gasteiger partial charge on any atom is 0.407 e. The van der Waals surface area contributed by atoms with Crippen LogP contribution in [0.5, 0.6) is 0 Å². The van der Waals surface area contributed by atoms with E-state index in [9.17, 15) is 23.2 Å². The zero-order valence-electron chi connectivity index (χ0n) is 16.1. The molecule has 1 aromatic rings. The van der Waals surface area contributed by atoms with Crippen molar-refractivity contribution in [3.05, 3.63) is 34.3 Å². The van der Waals surface area contributed by atoms with Crippen molar-refractivity contribution in [1.29, 1.82) is 5.26 Å². The van der Waals surface area contributed by atoms with Gasteiger partial charge in [-0.1, -0.05) is 60.2 Å². The average Bonchev–Trinajstić information content (AvgIpc) is 3.44. The van der Waals surface area contributed by atoms with Crippen molar-refractivity contribution >= 4 is 21.8 Å². The van der Waals surface area contributed by atoms with Gasteiger partial charge in [0.25, 0.3) is 0 Å². The molecule has 8 heteroatoms. The molecule has 4 nitrogen and oxygen atoms in total. The fraction of sp³-hybridized carbons (Fsp3) is 0.619. The zero-order chi connectivity index (χ0) is 21.1. The summed E-state index contributed by atoms with van der Waals surface area (Å²) >= 11 is 3.22. The fourth-order valence-electron chi connectivity index (χ4n) is 3.99. The summed E-state index contributed by atoms with van der Waals surface area (Å²) in [5, 5.41) is 14.5. The number of nitriles is 1. The first-order valence-electron chi connectivity index (χ1n) is 10.0. The van der Waals surface area contributed by atoms with Crippen molar-refractivity contribution in [2.24, 2.45) is 5.92 Å². The van der Waals surface area contributed by atoms with Gasteiger partial charge < -0.3 is 5.32 Å². The summed E-state index contributed by atoms with van der Waals surface area (Å²) in [5.74, 6) is -0.306. The van der Waals surface area contributed by atoms with Crippen molar-refractivity contribution in [1.82, 2.24) is 10.6 Å². The number of carbonyl (C=O) groups is 1. The van der Waals surface area contributed by atoms with Crippen LogP contribution in [0.2, 0.25) is 0 Å². The summed E-state index contributed by atoms with van der Waals surface area (Å²) in [7, 11) is 0. The summed E-state index contributed by atoms with van der Waals surface area (Å²) in [6.07, 6.45) is 1.91. The first kappa shape index (κ1) is 22.1. The Bertz CT molecular complexity index is 767. The van der Waals surface area contributed by atoms with Gasteiger partial charge in [-0.2, -0.15) is 18.4 Å². The Kier molecular flexibility index (Phi) is 6.90. The minimum Gasteiger partial charge on any atom is -0.336 e. The molecule has 0 heterocycles. The minimum atomic E-state index is -4.56. The highest BCUT2D eigenvalue weighted by Crippen LogP contribution is 2.37. The van der Waals surface area contributed by atoms with Crippen LogP contribution in [-0.4, -0.2) is 23.7 Å². The van der Waals surface area contributed by atoms with Crippen LogP contribution in [0.3, 0.4) is 0 Å². The number of rotatable bonds is 7. The highest BCUT2D eigenvalue weighted by molar-refractivity contribution is 9.10. The second-order valence-corrected chi connectivity index (χ2v) is 9.09. The van der Waals surface area contributed by atoms with Crippen molar-refractivity contribution in [2.45, 2.75) is 75.2 Å². The number of nitrogens with one attached hydrogen (secondary N) is 2. The maximum atomic E-state index is 13.9. The number of nitrogens with zero attached hydrogens (tertiary/aromatic N) is 1. The molecule has 1 aromatic carbocycles. The SMILES string of the molecule is N#CC1(NC(=O)[C@H](CC2CCCCC2)N[C@@H](c2cccc(Br)c2)C(F)(F)F)CC1. The Balaban J connectivity index is 1.82. The summed E-state index contributed by atoms with van der Waals surface area (Å²) < 4.78 is 42.2. The van der Waals surface area contributed by atoms with Crippen LogP contribution in [0.15, 0.2) is 28.7 Å². The molecule has 2 atom stereocenters. The molecule has 2 saturated carbocycles. The highest BCUT2D eigenvalue weighted by atomic mass is 79.9. The van der Waals surface area contributed by atoms with Crippen LogP contribution >= 0.6 is 15.9 Å². The van der Waals surface area contributed by atoms with Crippen LogP contribution in [0.4, 0.5) is 13.2 Å². The molecule has 3 rings (SSSR count). The molecule has 0 aromatic heterocycles. The third kappa shape index (κ3) is 5.95. The lowest BCUT2D eigenvalue weighted by Gasteiger charge is -2.31. The van der Waals surface area contributed by atoms with Gasteiger partial charge in [0.05, 0.1) is 12.1 Å². The lowest BCUT2D eigenvalue weighted by molar-refractivity contribution is -0.161. The van der Waals surface area contributed by atoms with E-state index < -0.39 is 29.7 Å². The summed E-state index contributed by atoms with van der Waals surface area (Å²) in [4.78, 5) is 12.9. The van der Waals surface area contributed by atoms with Crippen molar-refractivity contribution in [3.8, 4) is 6.07 Å². The molecular weight excluding hydrogens is 447 g/mol. The molecular formula is C21H25BrF3N3O. The third-order valence-electron chi connectivity index (χ3n) is 5.81. The quantitative estimate of drug-likeness (QED) is 0.577. The predicted octanol–water partition coefficient (Wildman–Crippen LogP) is 5.15. The molecule has 0 radical (unpaired) electrons. The topological polar surface area (TPSA) is 64.9 Å². The fourth-order valence-corrected chi connectivity index (χ4v) is 4.40. The van der Waals surface area contributed by atoms with Crippen molar-refractivity contribution < 1.29 is 18.0 Å². The number of amides is 1. The molecule has 0 saturated heterocycles. The number of hydrogen-bond acceptors (Lipinski definition) is 3. The minimum absolute atomic E-state index is 0.0507. The van der Waals surface area contributed by atoms with Crippen LogP contribution < -0.4 is 10.6 Å². The van der Waals surface area contributed by atoms with E-state index in [0.29, 0.717) is 23.7 Å². The van der Waals surface area contributed by atoms with Gasteiger partial charge in [0, 0.05) is 4.47 Å². The van der Waals surface area contributed by atoms with Gasteiger partial charge in [0.15, 0.2) is 0 Å². The van der Waals surface area contributed by atoms with Crippen molar-refractivity contribution in [3.63, 3.8) is 0 Å². The second kappa shape index (κ2) is 9.05. The number of hydrogen-bond donors (Lipinski definition) is 2. The molecule has 2 aliphatic carbocycles. The average molecular weight is 472 g/mol. The van der Waals surface area contributed by atoms with Gasteiger partial charge in [-0.05, 0) is 42.9 Å². The van der Waals surface area contributed by atoms with Gasteiger partial charge in [0.2, 0.25) is 5.91 Å². The Labute approximate surface area is 177 Å². The van der Waals surface area contributed by atoms with Crippen molar-refractivity contribution in [2.75, 3.05) is 0 Å². The van der Waals surface area contributed by atoms with Gasteiger partial charge in [-0.25, -0.2) is 0 Å². The Hall–Kier alpha value is -1.59. The second-order valence-electron chi connectivity index (χ2n) is 8.17. The Morgan fingerprint density at radius 1 is 1.28 bits per heavy atom. The van der Waals surface area contributed by atoms with Crippen LogP contribution in [0.1, 0.15) is 63.0 Å². The van der Waals surface area contributed by atoms with E-state index >= 15 is 0 Å². The molecule has 29 heavy (non-hydrogen) atoms. The molecule has 0 bridgehead atoms. The third-order valence-corrected chi connectivity index (χ3v) is 6.31. The lowest BCUT2D eigenvalue weighted by Crippen LogP contribution is -2.52. The van der Waals surface area contributed by atoms with Gasteiger partial charge in [-0.3, -0.25) is 10.1 Å². The Morgan fingerprint density at radius 3 is 2.52 bits per heavy atom. The van der Waals surface area contributed by atoms with E-state index in [1.807, 2.05) is 0 Å². The van der Waals surface area contributed by atoms with Crippen LogP contribution in [0.25, 0.3) is 0 Å². The largest absolute Gasteiger partial charge is 0.407 e. The number of carbonyl (C=O) groups excluding carboxylic acids is 1. The molecule has 0 unspecified atom stereocenters. The normalized spacial score (nSPS) is 21.1. The highest BCUT2D eigenvalue weighted by Gasteiger charge is 2.47. The van der Waals surface area contributed by atoms with Gasteiger partial charge in [0.1, 0.15) is 11.6 Å². The van der Waals surface area contributed by atoms with E-state index in [0.717, 1.165) is 32.1 Å². The zero-order valence-corrected chi connectivity index (χ0v) is 17.7. The molecule has 2 aliphatic rings. The van der Waals surface area contributed by atoms with Gasteiger partial charge >= 0.3 is 6.18 Å². The summed E-state index contributed by atoms with van der Waals surface area (Å²) in [5.41, 5.74) is -0.859. The molecule has 2 N–H and O–H groups in total. The predicted molar refractivity (Wildman–Crippen MR) is 107 cm³/mol. The smallest absolute Gasteiger partial charge is 0.336 e. The first-order chi connectivity index (χ1) is 13.7. The van der Waals surface area contributed by atoms with E-state index in [1.54, 1.807) is 12.1 Å². The number of alkyl halides is 3.